The van der Waals surface area contributed by atoms with Gasteiger partial charge in [0, 0.05) is 12.3 Å². The number of rotatable bonds is 21. The van der Waals surface area contributed by atoms with Gasteiger partial charge >= 0.3 is 5.69 Å². The summed E-state index contributed by atoms with van der Waals surface area (Å²) in [5.41, 5.74) is -1.69. The average molecular weight is 759 g/mol. The predicted molar refractivity (Wildman–Crippen MR) is 176 cm³/mol. The zero-order valence-electron chi connectivity index (χ0n) is 27.9. The second-order valence-electron chi connectivity index (χ2n) is 10.5. The summed E-state index contributed by atoms with van der Waals surface area (Å²) < 4.78 is 71.2. The SMILES string of the molecule is C=CCOC[C@H]1O[C@H](OP(=O)([O-])CP(=O)([O-])OC[C@H]2O[C@@H](n3ccc(=O)[nH]c3=O)[C@H](O)[C@@H]2O)[C@H](OCC=C)[C@@H](OCC=C)[C@H]1OCC=C.[NH4+].[NH4+]. The molecule has 2 saturated heterocycles. The molecule has 3 rings (SSSR count). The number of hydrogen-bond acceptors (Lipinski definition) is 16. The number of quaternary nitrogens is 2. The van der Waals surface area contributed by atoms with Crippen LogP contribution in [0.25, 0.3) is 0 Å². The maximum Gasteiger partial charge on any atom is 0.330 e. The average Bonchev–Trinajstić information content (AvgIpc) is 3.29. The predicted octanol–water partition coefficient (Wildman–Crippen LogP) is -0.353. The van der Waals surface area contributed by atoms with Gasteiger partial charge in [-0.1, -0.05) is 24.3 Å². The molecule has 1 aromatic heterocycles. The lowest BCUT2D eigenvalue weighted by Gasteiger charge is -2.47. The topological polar surface area (TPSA) is 322 Å². The Labute approximate surface area is 288 Å². The first-order chi connectivity index (χ1) is 22.8. The molecule has 2 unspecified atom stereocenters. The molecule has 1 aromatic rings. The van der Waals surface area contributed by atoms with Crippen LogP contribution in [0.3, 0.4) is 0 Å². The van der Waals surface area contributed by atoms with Gasteiger partial charge in [0.1, 0.15) is 57.9 Å². The molecule has 2 aliphatic heterocycles. The van der Waals surface area contributed by atoms with Crippen molar-refractivity contribution in [2.75, 3.05) is 45.5 Å². The molecule has 0 spiro atoms. The molecule has 22 heteroatoms. The monoisotopic (exact) mass is 758 g/mol. The van der Waals surface area contributed by atoms with E-state index in [0.29, 0.717) is 0 Å². The van der Waals surface area contributed by atoms with E-state index < -0.39 is 94.2 Å². The molecule has 2 aliphatic rings. The highest BCUT2D eigenvalue weighted by Crippen LogP contribution is 2.55. The smallest absolute Gasteiger partial charge is 0.330 e. The van der Waals surface area contributed by atoms with Crippen LogP contribution in [0.5, 0.6) is 0 Å². The van der Waals surface area contributed by atoms with E-state index in [0.717, 1.165) is 16.8 Å². The summed E-state index contributed by atoms with van der Waals surface area (Å²) in [7, 11) is -10.7. The Morgan fingerprint density at radius 2 is 1.40 bits per heavy atom. The molecule has 0 saturated carbocycles. The minimum Gasteiger partial charge on any atom is -0.778 e. The van der Waals surface area contributed by atoms with E-state index in [1.807, 2.05) is 4.98 Å². The fraction of sp³-hybridized carbons (Fsp3) is 0.571. The van der Waals surface area contributed by atoms with E-state index in [9.17, 15) is 38.7 Å². The molecule has 0 aliphatic carbocycles. The van der Waals surface area contributed by atoms with Crippen molar-refractivity contribution >= 4 is 15.2 Å². The fourth-order valence-corrected chi connectivity index (χ4v) is 7.98. The number of nitrogens with one attached hydrogen (secondary N) is 1. The molecule has 0 bridgehead atoms. The van der Waals surface area contributed by atoms with Crippen LogP contribution in [-0.2, 0) is 46.6 Å². The van der Waals surface area contributed by atoms with Gasteiger partial charge in [0.25, 0.3) is 5.56 Å². The zero-order chi connectivity index (χ0) is 35.5. The van der Waals surface area contributed by atoms with Crippen LogP contribution in [0.2, 0.25) is 0 Å². The molecule has 286 valence electrons. The molecule has 0 aromatic carbocycles. The molecule has 0 radical (unpaired) electrons. The van der Waals surface area contributed by atoms with Crippen molar-refractivity contribution in [2.45, 2.75) is 55.2 Å². The van der Waals surface area contributed by atoms with Crippen LogP contribution in [-0.4, -0.2) is 114 Å². The highest BCUT2D eigenvalue weighted by molar-refractivity contribution is 7.69. The van der Waals surface area contributed by atoms with Gasteiger partial charge in [-0.2, -0.15) is 0 Å². The van der Waals surface area contributed by atoms with Crippen LogP contribution < -0.4 is 33.3 Å². The van der Waals surface area contributed by atoms with Crippen LogP contribution in [0, 0.1) is 0 Å². The Balaban J connectivity index is 0.00000625. The van der Waals surface area contributed by atoms with E-state index >= 15 is 0 Å². The van der Waals surface area contributed by atoms with Crippen molar-refractivity contribution in [1.82, 2.24) is 21.9 Å². The van der Waals surface area contributed by atoms with Crippen molar-refractivity contribution in [3.63, 3.8) is 0 Å². The van der Waals surface area contributed by atoms with Crippen LogP contribution in [0.4, 0.5) is 0 Å². The Morgan fingerprint density at radius 3 is 1.98 bits per heavy atom. The summed E-state index contributed by atoms with van der Waals surface area (Å²) in [6.07, 6.45) is -5.74. The lowest BCUT2D eigenvalue weighted by atomic mass is 9.98. The quantitative estimate of drug-likeness (QED) is 0.0607. The Morgan fingerprint density at radius 1 is 0.820 bits per heavy atom. The standard InChI is InChI=1S/C28H42N2O16P2.2H3N/c1-5-11-39-15-19-23(40-12-6-2)24(41-13-7-3)25(42-14-8-4)27(45-19)46-48(37,38)17-47(35,36)43-16-18-21(32)22(33)26(44-18)30-10-9-20(31)29-28(30)34;;/h5-10,18-19,21-27,32-33H,1-4,11-17H2,(H,35,36)(H,37,38)(H,29,31,34);2*1H3/t18-,19-,21-,22-,23+,24+,25-,26-,27-;;/m1../s1. The summed E-state index contributed by atoms with van der Waals surface area (Å²) >= 11 is 0. The van der Waals surface area contributed by atoms with Gasteiger partial charge < -0.3 is 78.9 Å². The van der Waals surface area contributed by atoms with Gasteiger partial charge in [0.2, 0.25) is 0 Å². The highest BCUT2D eigenvalue weighted by Gasteiger charge is 2.50. The number of aliphatic hydroxyl groups excluding tert-OH is 2. The molecule has 50 heavy (non-hydrogen) atoms. The summed E-state index contributed by atoms with van der Waals surface area (Å²) in [5.74, 6) is -1.66. The summed E-state index contributed by atoms with van der Waals surface area (Å²) in [6.45, 7) is 13.4. The van der Waals surface area contributed by atoms with E-state index in [1.165, 1.54) is 24.3 Å². The van der Waals surface area contributed by atoms with E-state index in [1.54, 1.807) is 0 Å². The fourth-order valence-electron chi connectivity index (χ4n) is 4.83. The van der Waals surface area contributed by atoms with Gasteiger partial charge in [-0.25, -0.2) is 4.79 Å². The van der Waals surface area contributed by atoms with Gasteiger partial charge in [0.15, 0.2) is 12.5 Å². The third-order valence-electron chi connectivity index (χ3n) is 6.84. The van der Waals surface area contributed by atoms with Crippen molar-refractivity contribution in [1.29, 1.82) is 0 Å². The van der Waals surface area contributed by atoms with E-state index in [-0.39, 0.29) is 45.3 Å². The number of hydrogen-bond donors (Lipinski definition) is 5. The normalized spacial score (nSPS) is 30.1. The Hall–Kier alpha value is -2.46. The molecule has 3 heterocycles. The lowest BCUT2D eigenvalue weighted by Crippen LogP contribution is -2.62. The van der Waals surface area contributed by atoms with Crippen molar-refractivity contribution in [3.05, 3.63) is 83.7 Å². The van der Waals surface area contributed by atoms with Crippen molar-refractivity contribution in [3.8, 4) is 0 Å². The zero-order valence-corrected chi connectivity index (χ0v) is 29.7. The maximum absolute atomic E-state index is 13.2. The number of H-pyrrole nitrogens is 1. The molecule has 0 amide bonds. The van der Waals surface area contributed by atoms with Gasteiger partial charge in [-0.15, -0.1) is 26.3 Å². The molecular formula is C28H48N4O16P2. The van der Waals surface area contributed by atoms with E-state index in [2.05, 4.69) is 26.3 Å². The number of aliphatic hydroxyl groups is 2. The second-order valence-corrected chi connectivity index (χ2v) is 14.5. The Bertz CT molecular complexity index is 1460. The van der Waals surface area contributed by atoms with Gasteiger partial charge in [-0.05, 0) is 0 Å². The largest absolute Gasteiger partial charge is 0.778 e. The summed E-state index contributed by atoms with van der Waals surface area (Å²) in [4.78, 5) is 51.4. The van der Waals surface area contributed by atoms with Crippen molar-refractivity contribution in [2.24, 2.45) is 0 Å². The van der Waals surface area contributed by atoms with Crippen LogP contribution in [0.1, 0.15) is 6.23 Å². The third-order valence-corrected chi connectivity index (χ3v) is 10.7. The maximum atomic E-state index is 13.2. The Kier molecular flexibility index (Phi) is 19.3. The minimum absolute atomic E-state index is 0. The number of aromatic nitrogens is 2. The van der Waals surface area contributed by atoms with Crippen LogP contribution >= 0.6 is 15.2 Å². The molecule has 11 N–H and O–H groups in total. The number of ether oxygens (including phenoxy) is 6. The lowest BCUT2D eigenvalue weighted by molar-refractivity contribution is -0.312. The number of aromatic amines is 1. The van der Waals surface area contributed by atoms with E-state index in [4.69, 9.17) is 37.5 Å². The van der Waals surface area contributed by atoms with Crippen molar-refractivity contribution < 1.29 is 66.6 Å². The molecule has 2 fully saturated rings. The summed E-state index contributed by atoms with van der Waals surface area (Å²) in [6, 6.07) is 0.965. The summed E-state index contributed by atoms with van der Waals surface area (Å²) in [5, 5.41) is 20.8. The first-order valence-electron chi connectivity index (χ1n) is 14.5. The second kappa shape index (κ2) is 21.2. The first kappa shape index (κ1) is 45.6. The third kappa shape index (κ3) is 12.6. The highest BCUT2D eigenvalue weighted by atomic mass is 31.2. The van der Waals surface area contributed by atoms with Crippen LogP contribution in [0.15, 0.2) is 72.5 Å². The molecular weight excluding hydrogens is 710 g/mol. The number of nitrogens with zero attached hydrogens (tertiary/aromatic N) is 1. The first-order valence-corrected chi connectivity index (χ1v) is 18.0. The van der Waals surface area contributed by atoms with Gasteiger partial charge in [0.05, 0.1) is 45.5 Å². The minimum atomic E-state index is -5.37. The molecule has 11 atom stereocenters. The van der Waals surface area contributed by atoms with Gasteiger partial charge in [-0.3, -0.25) is 14.3 Å². The molecule has 20 nitrogen and oxygen atoms in total.